The molecule has 0 heterocycles. The number of benzene rings is 2. The summed E-state index contributed by atoms with van der Waals surface area (Å²) in [7, 11) is 1.65. The molecule has 0 fully saturated rings. The first kappa shape index (κ1) is 13.7. The molecule has 0 N–H and O–H groups in total. The fourth-order valence-electron chi connectivity index (χ4n) is 1.78. The maximum atomic E-state index is 10.8. The van der Waals surface area contributed by atoms with Crippen LogP contribution in [0.3, 0.4) is 0 Å². The summed E-state index contributed by atoms with van der Waals surface area (Å²) >= 11 is 1.74. The van der Waals surface area contributed by atoms with Gasteiger partial charge < -0.3 is 4.74 Å². The van der Waals surface area contributed by atoms with Gasteiger partial charge in [0.1, 0.15) is 12.0 Å². The van der Waals surface area contributed by atoms with Gasteiger partial charge in [0, 0.05) is 21.8 Å². The molecule has 2 aromatic rings. The molecule has 0 aromatic heterocycles. The topological polar surface area (TPSA) is 26.3 Å². The van der Waals surface area contributed by atoms with Crippen LogP contribution in [0.2, 0.25) is 0 Å². The molecule has 0 spiro atoms. The normalized spacial score (nSPS) is 10.2. The minimum atomic E-state index is 0.681. The molecule has 0 radical (unpaired) electrons. The van der Waals surface area contributed by atoms with E-state index in [0.717, 1.165) is 23.4 Å². The Kier molecular flexibility index (Phi) is 4.63. The van der Waals surface area contributed by atoms with E-state index in [-0.39, 0.29) is 0 Å². The van der Waals surface area contributed by atoms with E-state index in [0.29, 0.717) is 5.56 Å². The number of aldehydes is 1. The van der Waals surface area contributed by atoms with Crippen LogP contribution < -0.4 is 4.74 Å². The maximum absolute atomic E-state index is 10.8. The second kappa shape index (κ2) is 6.43. The quantitative estimate of drug-likeness (QED) is 0.605. The number of thioether (sulfide) groups is 1. The Bertz CT molecular complexity index is 561. The summed E-state index contributed by atoms with van der Waals surface area (Å²) in [6, 6.07) is 13.9. The highest BCUT2D eigenvalue weighted by atomic mass is 32.2. The lowest BCUT2D eigenvalue weighted by Gasteiger charge is -2.09. The summed E-state index contributed by atoms with van der Waals surface area (Å²) in [6.07, 6.45) is 0.861. The van der Waals surface area contributed by atoms with Crippen molar-refractivity contribution in [3.05, 3.63) is 59.2 Å². The first-order chi connectivity index (χ1) is 9.22. The van der Waals surface area contributed by atoms with Gasteiger partial charge in [0.05, 0.1) is 7.11 Å². The van der Waals surface area contributed by atoms with Gasteiger partial charge in [-0.1, -0.05) is 17.7 Å². The van der Waals surface area contributed by atoms with E-state index in [9.17, 15) is 4.79 Å². The number of aryl methyl sites for hydroxylation is 1. The van der Waals surface area contributed by atoms with Crippen LogP contribution in [-0.4, -0.2) is 13.4 Å². The van der Waals surface area contributed by atoms with Crippen molar-refractivity contribution in [3.8, 4) is 5.75 Å². The van der Waals surface area contributed by atoms with Gasteiger partial charge in [0.25, 0.3) is 0 Å². The molecule has 98 valence electrons. The molecule has 0 aliphatic carbocycles. The Morgan fingerprint density at radius 3 is 2.53 bits per heavy atom. The van der Waals surface area contributed by atoms with Crippen molar-refractivity contribution in [3.63, 3.8) is 0 Å². The standard InChI is InChI=1S/C16H16O2S/c1-12-3-6-15(7-4-12)19-11-14-9-13(10-17)5-8-16(14)18-2/h3-10H,11H2,1-2H3. The van der Waals surface area contributed by atoms with E-state index < -0.39 is 0 Å². The number of rotatable bonds is 5. The monoisotopic (exact) mass is 272 g/mol. The highest BCUT2D eigenvalue weighted by molar-refractivity contribution is 7.98. The van der Waals surface area contributed by atoms with E-state index in [1.165, 1.54) is 10.5 Å². The second-order valence-electron chi connectivity index (χ2n) is 4.29. The lowest BCUT2D eigenvalue weighted by molar-refractivity contribution is 0.112. The first-order valence-electron chi connectivity index (χ1n) is 6.04. The van der Waals surface area contributed by atoms with Crippen molar-refractivity contribution < 1.29 is 9.53 Å². The van der Waals surface area contributed by atoms with Gasteiger partial charge >= 0.3 is 0 Å². The number of ether oxygens (including phenoxy) is 1. The van der Waals surface area contributed by atoms with E-state index in [1.807, 2.05) is 12.1 Å². The number of carbonyl (C=O) groups is 1. The smallest absolute Gasteiger partial charge is 0.150 e. The zero-order chi connectivity index (χ0) is 13.7. The van der Waals surface area contributed by atoms with Crippen LogP contribution in [0.4, 0.5) is 0 Å². The van der Waals surface area contributed by atoms with Crippen LogP contribution >= 0.6 is 11.8 Å². The number of hydrogen-bond donors (Lipinski definition) is 0. The number of hydrogen-bond acceptors (Lipinski definition) is 3. The molecule has 3 heteroatoms. The predicted octanol–water partition coefficient (Wildman–Crippen LogP) is 4.11. The van der Waals surface area contributed by atoms with Crippen molar-refractivity contribution in [1.29, 1.82) is 0 Å². The minimum Gasteiger partial charge on any atom is -0.496 e. The predicted molar refractivity (Wildman–Crippen MR) is 79.1 cm³/mol. The Morgan fingerprint density at radius 2 is 1.89 bits per heavy atom. The summed E-state index contributed by atoms with van der Waals surface area (Å²) in [5, 5.41) is 0. The molecule has 19 heavy (non-hydrogen) atoms. The Morgan fingerprint density at radius 1 is 1.16 bits per heavy atom. The van der Waals surface area contributed by atoms with E-state index in [4.69, 9.17) is 4.74 Å². The highest BCUT2D eigenvalue weighted by Gasteiger charge is 2.05. The minimum absolute atomic E-state index is 0.681. The molecule has 0 unspecified atom stereocenters. The lowest BCUT2D eigenvalue weighted by atomic mass is 10.1. The molecule has 0 aliphatic heterocycles. The largest absolute Gasteiger partial charge is 0.496 e. The van der Waals surface area contributed by atoms with Gasteiger partial charge in [0.15, 0.2) is 0 Å². The van der Waals surface area contributed by atoms with E-state index in [1.54, 1.807) is 24.9 Å². The van der Waals surface area contributed by atoms with Crippen LogP contribution in [-0.2, 0) is 5.75 Å². The second-order valence-corrected chi connectivity index (χ2v) is 5.34. The zero-order valence-corrected chi connectivity index (χ0v) is 11.9. The molecule has 2 nitrogen and oxygen atoms in total. The number of carbonyl (C=O) groups excluding carboxylic acids is 1. The third-order valence-electron chi connectivity index (χ3n) is 2.86. The van der Waals surface area contributed by atoms with Gasteiger partial charge in [-0.2, -0.15) is 0 Å². The molecular formula is C16H16O2S. The fraction of sp³-hybridized carbons (Fsp3) is 0.188. The van der Waals surface area contributed by atoms with Crippen LogP contribution in [0.1, 0.15) is 21.5 Å². The van der Waals surface area contributed by atoms with Crippen molar-refractivity contribution in [1.82, 2.24) is 0 Å². The molecule has 0 aliphatic rings. The average Bonchev–Trinajstić information content (AvgIpc) is 2.46. The van der Waals surface area contributed by atoms with Gasteiger partial charge in [-0.05, 0) is 37.3 Å². The molecule has 2 aromatic carbocycles. The number of methoxy groups -OCH3 is 1. The summed E-state index contributed by atoms with van der Waals surface area (Å²) in [6.45, 7) is 2.07. The summed E-state index contributed by atoms with van der Waals surface area (Å²) in [5.74, 6) is 1.61. The molecular weight excluding hydrogens is 256 g/mol. The van der Waals surface area contributed by atoms with Gasteiger partial charge in [-0.3, -0.25) is 4.79 Å². The zero-order valence-electron chi connectivity index (χ0n) is 11.1. The van der Waals surface area contributed by atoms with Gasteiger partial charge in [0.2, 0.25) is 0 Å². The molecule has 0 saturated carbocycles. The van der Waals surface area contributed by atoms with Crippen LogP contribution in [0.25, 0.3) is 0 Å². The molecule has 0 saturated heterocycles. The average molecular weight is 272 g/mol. The van der Waals surface area contributed by atoms with Crippen LogP contribution in [0, 0.1) is 6.92 Å². The summed E-state index contributed by atoms with van der Waals surface area (Å²) in [5.41, 5.74) is 2.97. The molecule has 2 rings (SSSR count). The van der Waals surface area contributed by atoms with E-state index in [2.05, 4.69) is 31.2 Å². The summed E-state index contributed by atoms with van der Waals surface area (Å²) < 4.78 is 5.32. The fourth-order valence-corrected chi connectivity index (χ4v) is 2.66. The van der Waals surface area contributed by atoms with Crippen molar-refractivity contribution in [2.24, 2.45) is 0 Å². The first-order valence-corrected chi connectivity index (χ1v) is 7.03. The Labute approximate surface area is 117 Å². The van der Waals surface area contributed by atoms with Crippen molar-refractivity contribution in [2.45, 2.75) is 17.6 Å². The SMILES string of the molecule is COc1ccc(C=O)cc1CSc1ccc(C)cc1. The van der Waals surface area contributed by atoms with Gasteiger partial charge in [-0.15, -0.1) is 11.8 Å². The third kappa shape index (κ3) is 3.61. The van der Waals surface area contributed by atoms with Crippen molar-refractivity contribution >= 4 is 18.0 Å². The lowest BCUT2D eigenvalue weighted by Crippen LogP contribution is -1.92. The third-order valence-corrected chi connectivity index (χ3v) is 3.92. The van der Waals surface area contributed by atoms with Crippen molar-refractivity contribution in [2.75, 3.05) is 7.11 Å². The maximum Gasteiger partial charge on any atom is 0.150 e. The molecule has 0 atom stereocenters. The molecule has 0 bridgehead atoms. The van der Waals surface area contributed by atoms with E-state index >= 15 is 0 Å². The Hall–Kier alpha value is -1.74. The Balaban J connectivity index is 2.13. The summed E-state index contributed by atoms with van der Waals surface area (Å²) in [4.78, 5) is 12.0. The molecule has 0 amide bonds. The van der Waals surface area contributed by atoms with Gasteiger partial charge in [-0.25, -0.2) is 0 Å². The van der Waals surface area contributed by atoms with Crippen LogP contribution in [0.5, 0.6) is 5.75 Å². The highest BCUT2D eigenvalue weighted by Crippen LogP contribution is 2.28. The van der Waals surface area contributed by atoms with Crippen LogP contribution in [0.15, 0.2) is 47.4 Å².